The van der Waals surface area contributed by atoms with E-state index < -0.39 is 0 Å². The van der Waals surface area contributed by atoms with Crippen molar-refractivity contribution < 1.29 is 4.79 Å². The molecule has 1 aromatic heterocycles. The molecular weight excluding hydrogens is 330 g/mol. The molecule has 0 unspecified atom stereocenters. The van der Waals surface area contributed by atoms with Crippen LogP contribution in [0.1, 0.15) is 5.56 Å². The van der Waals surface area contributed by atoms with E-state index in [1.807, 2.05) is 48.7 Å². The molecular formula is C17H14ClN3OS. The van der Waals surface area contributed by atoms with Gasteiger partial charge in [0, 0.05) is 10.9 Å². The molecule has 0 aliphatic heterocycles. The first kappa shape index (κ1) is 15.5. The predicted molar refractivity (Wildman–Crippen MR) is 96.4 cm³/mol. The third-order valence-corrected chi connectivity index (χ3v) is 4.24. The fraction of sp³-hybridized carbons (Fsp3) is 0.0588. The second-order valence-electron chi connectivity index (χ2n) is 4.97. The van der Waals surface area contributed by atoms with Gasteiger partial charge in [-0.1, -0.05) is 48.0 Å². The molecule has 6 heteroatoms. The molecule has 0 saturated carbocycles. The van der Waals surface area contributed by atoms with E-state index >= 15 is 0 Å². The minimum Gasteiger partial charge on any atom is -0.306 e. The van der Waals surface area contributed by atoms with Crippen LogP contribution in [0, 0.1) is 6.92 Å². The number of carbonyl (C=O) groups excluding carboxylic acids is 1. The van der Waals surface area contributed by atoms with E-state index in [1.54, 1.807) is 12.1 Å². The monoisotopic (exact) mass is 343 g/mol. The van der Waals surface area contributed by atoms with E-state index in [1.165, 1.54) is 11.3 Å². The van der Waals surface area contributed by atoms with Gasteiger partial charge in [-0.2, -0.15) is 0 Å². The smallest absolute Gasteiger partial charge is 0.306 e. The number of hydrogen-bond acceptors (Lipinski definition) is 3. The number of halogens is 1. The molecule has 2 aromatic carbocycles. The van der Waals surface area contributed by atoms with Gasteiger partial charge in [-0.3, -0.25) is 5.32 Å². The van der Waals surface area contributed by atoms with Gasteiger partial charge in [0.25, 0.3) is 0 Å². The summed E-state index contributed by atoms with van der Waals surface area (Å²) in [6, 6.07) is 14.9. The van der Waals surface area contributed by atoms with E-state index in [2.05, 4.69) is 15.6 Å². The molecule has 3 aromatic rings. The lowest BCUT2D eigenvalue weighted by Gasteiger charge is -2.07. The average Bonchev–Trinajstić information content (AvgIpc) is 2.99. The highest BCUT2D eigenvalue weighted by molar-refractivity contribution is 7.14. The third-order valence-electron chi connectivity index (χ3n) is 3.17. The van der Waals surface area contributed by atoms with Gasteiger partial charge in [0.1, 0.15) is 0 Å². The Morgan fingerprint density at radius 3 is 2.65 bits per heavy atom. The molecule has 0 aliphatic rings. The van der Waals surface area contributed by atoms with E-state index in [-0.39, 0.29) is 6.03 Å². The standard InChI is InChI=1S/C17H14ClN3OS/c1-11-7-8-14(13(18)9-11)19-16(22)21-17-20-15(10-23-17)12-5-3-2-4-6-12/h2-10H,1H3,(H2,19,20,21,22). The Balaban J connectivity index is 1.68. The van der Waals surface area contributed by atoms with Crippen molar-refractivity contribution in [2.24, 2.45) is 0 Å². The zero-order valence-electron chi connectivity index (χ0n) is 12.3. The molecule has 0 bridgehead atoms. The Bertz CT molecular complexity index is 833. The molecule has 0 spiro atoms. The molecule has 0 fully saturated rings. The quantitative estimate of drug-likeness (QED) is 0.667. The number of anilines is 2. The first-order valence-electron chi connectivity index (χ1n) is 6.97. The Morgan fingerprint density at radius 2 is 1.91 bits per heavy atom. The number of carbonyl (C=O) groups is 1. The summed E-state index contributed by atoms with van der Waals surface area (Å²) < 4.78 is 0. The predicted octanol–water partition coefficient (Wildman–Crippen LogP) is 5.42. The van der Waals surface area contributed by atoms with Gasteiger partial charge in [-0.15, -0.1) is 11.3 Å². The van der Waals surface area contributed by atoms with Gasteiger partial charge in [-0.25, -0.2) is 9.78 Å². The maximum atomic E-state index is 12.1. The van der Waals surface area contributed by atoms with Crippen molar-refractivity contribution in [1.82, 2.24) is 4.98 Å². The molecule has 1 heterocycles. The summed E-state index contributed by atoms with van der Waals surface area (Å²) in [5, 5.41) is 8.38. The van der Waals surface area contributed by atoms with Crippen molar-refractivity contribution in [2.75, 3.05) is 10.6 Å². The maximum Gasteiger partial charge on any atom is 0.325 e. The third kappa shape index (κ3) is 3.88. The molecule has 0 saturated heterocycles. The number of aryl methyl sites for hydroxylation is 1. The average molecular weight is 344 g/mol. The van der Waals surface area contributed by atoms with E-state index in [0.29, 0.717) is 15.8 Å². The fourth-order valence-corrected chi connectivity index (χ4v) is 3.04. The summed E-state index contributed by atoms with van der Waals surface area (Å²) in [7, 11) is 0. The molecule has 23 heavy (non-hydrogen) atoms. The van der Waals surface area contributed by atoms with Gasteiger partial charge >= 0.3 is 6.03 Å². The molecule has 0 aliphatic carbocycles. The van der Waals surface area contributed by atoms with Crippen molar-refractivity contribution in [1.29, 1.82) is 0 Å². The highest BCUT2D eigenvalue weighted by Gasteiger charge is 2.09. The Hall–Kier alpha value is -2.37. The normalized spacial score (nSPS) is 10.3. The summed E-state index contributed by atoms with van der Waals surface area (Å²) in [4.78, 5) is 16.5. The largest absolute Gasteiger partial charge is 0.325 e. The molecule has 116 valence electrons. The van der Waals surface area contributed by atoms with Gasteiger partial charge in [0.05, 0.1) is 16.4 Å². The maximum absolute atomic E-state index is 12.1. The van der Waals surface area contributed by atoms with Crippen LogP contribution < -0.4 is 10.6 Å². The van der Waals surface area contributed by atoms with Crippen LogP contribution in [0.3, 0.4) is 0 Å². The zero-order chi connectivity index (χ0) is 16.2. The number of benzene rings is 2. The van der Waals surface area contributed by atoms with Crippen molar-refractivity contribution in [2.45, 2.75) is 6.92 Å². The molecule has 3 rings (SSSR count). The highest BCUT2D eigenvalue weighted by Crippen LogP contribution is 2.26. The Labute approximate surface area is 143 Å². The number of rotatable bonds is 3. The van der Waals surface area contributed by atoms with Crippen LogP contribution >= 0.6 is 22.9 Å². The summed E-state index contributed by atoms with van der Waals surface area (Å²) in [6.07, 6.45) is 0. The molecule has 2 amide bonds. The number of thiazole rings is 1. The van der Waals surface area contributed by atoms with Crippen molar-refractivity contribution >= 4 is 39.8 Å². The first-order chi connectivity index (χ1) is 11.1. The molecule has 4 nitrogen and oxygen atoms in total. The minimum absolute atomic E-state index is 0.371. The summed E-state index contributed by atoms with van der Waals surface area (Å²) in [5.41, 5.74) is 3.45. The van der Waals surface area contributed by atoms with Crippen LogP contribution in [0.5, 0.6) is 0 Å². The van der Waals surface area contributed by atoms with Crippen LogP contribution in [0.4, 0.5) is 15.6 Å². The lowest BCUT2D eigenvalue weighted by atomic mass is 10.2. The van der Waals surface area contributed by atoms with Gasteiger partial charge in [-0.05, 0) is 24.6 Å². The molecule has 0 radical (unpaired) electrons. The second kappa shape index (κ2) is 6.81. The number of amides is 2. The minimum atomic E-state index is -0.371. The number of nitrogens with one attached hydrogen (secondary N) is 2. The van der Waals surface area contributed by atoms with Gasteiger partial charge in [0.15, 0.2) is 5.13 Å². The lowest BCUT2D eigenvalue weighted by Crippen LogP contribution is -2.19. The summed E-state index contributed by atoms with van der Waals surface area (Å²) >= 11 is 7.48. The molecule has 0 atom stereocenters. The fourth-order valence-electron chi connectivity index (χ4n) is 2.04. The van der Waals surface area contributed by atoms with Gasteiger partial charge in [0.2, 0.25) is 0 Å². The van der Waals surface area contributed by atoms with Crippen molar-refractivity contribution in [3.8, 4) is 11.3 Å². The van der Waals surface area contributed by atoms with E-state index in [4.69, 9.17) is 11.6 Å². The van der Waals surface area contributed by atoms with E-state index in [0.717, 1.165) is 16.8 Å². The second-order valence-corrected chi connectivity index (χ2v) is 6.23. The van der Waals surface area contributed by atoms with Crippen LogP contribution in [0.15, 0.2) is 53.9 Å². The van der Waals surface area contributed by atoms with Crippen LogP contribution in [-0.2, 0) is 0 Å². The zero-order valence-corrected chi connectivity index (χ0v) is 13.9. The lowest BCUT2D eigenvalue weighted by molar-refractivity contribution is 0.262. The van der Waals surface area contributed by atoms with Crippen LogP contribution in [0.2, 0.25) is 5.02 Å². The Morgan fingerprint density at radius 1 is 1.13 bits per heavy atom. The number of hydrogen-bond donors (Lipinski definition) is 2. The summed E-state index contributed by atoms with van der Waals surface area (Å²) in [6.45, 7) is 1.94. The van der Waals surface area contributed by atoms with E-state index in [9.17, 15) is 4.79 Å². The van der Waals surface area contributed by atoms with Crippen LogP contribution in [0.25, 0.3) is 11.3 Å². The van der Waals surface area contributed by atoms with Crippen molar-refractivity contribution in [3.63, 3.8) is 0 Å². The Kier molecular flexibility index (Phi) is 4.60. The number of urea groups is 1. The topological polar surface area (TPSA) is 54.0 Å². The summed E-state index contributed by atoms with van der Waals surface area (Å²) in [5.74, 6) is 0. The first-order valence-corrected chi connectivity index (χ1v) is 8.23. The molecule has 2 N–H and O–H groups in total. The SMILES string of the molecule is Cc1ccc(NC(=O)Nc2nc(-c3ccccc3)cs2)c(Cl)c1. The van der Waals surface area contributed by atoms with Gasteiger partial charge < -0.3 is 5.32 Å². The number of nitrogens with zero attached hydrogens (tertiary/aromatic N) is 1. The number of aromatic nitrogens is 1. The van der Waals surface area contributed by atoms with Crippen molar-refractivity contribution in [3.05, 3.63) is 64.5 Å². The van der Waals surface area contributed by atoms with Crippen LogP contribution in [-0.4, -0.2) is 11.0 Å². The highest BCUT2D eigenvalue weighted by atomic mass is 35.5.